The van der Waals surface area contributed by atoms with Crippen molar-refractivity contribution in [2.24, 2.45) is 0 Å². The van der Waals surface area contributed by atoms with Gasteiger partial charge in [-0.25, -0.2) is 4.79 Å². The number of carbonyl (C=O) groups excluding carboxylic acids is 1. The first kappa shape index (κ1) is 17.8. The fourth-order valence-electron chi connectivity index (χ4n) is 4.09. The fraction of sp³-hybridized carbons (Fsp3) is 0.273. The predicted octanol–water partition coefficient (Wildman–Crippen LogP) is 4.74. The maximum absolute atomic E-state index is 13.0. The van der Waals surface area contributed by atoms with Crippen LogP contribution in [0.5, 0.6) is 0 Å². The first-order valence-electron chi connectivity index (χ1n) is 9.16. The minimum atomic E-state index is -0.598. The molecule has 1 aromatic heterocycles. The number of benzene rings is 2. The molecule has 1 atom stereocenters. The molecule has 3 aromatic rings. The van der Waals surface area contributed by atoms with Crippen molar-refractivity contribution in [1.82, 2.24) is 4.57 Å². The molecule has 1 aliphatic heterocycles. The molecule has 4 rings (SSSR count). The van der Waals surface area contributed by atoms with Gasteiger partial charge in [0, 0.05) is 29.1 Å². The number of hydrogen-bond acceptors (Lipinski definition) is 3. The van der Waals surface area contributed by atoms with Crippen LogP contribution in [0.4, 0.5) is 0 Å². The lowest BCUT2D eigenvalue weighted by atomic mass is 9.86. The van der Waals surface area contributed by atoms with E-state index >= 15 is 0 Å². The zero-order valence-electron chi connectivity index (χ0n) is 15.3. The van der Waals surface area contributed by atoms with Crippen molar-refractivity contribution in [3.8, 4) is 0 Å². The molecular weight excluding hydrogens is 362 g/mol. The molecule has 2 heterocycles. The predicted molar refractivity (Wildman–Crippen MR) is 107 cm³/mol. The van der Waals surface area contributed by atoms with Gasteiger partial charge in [0.2, 0.25) is 5.43 Å². The summed E-state index contributed by atoms with van der Waals surface area (Å²) >= 11 is 6.38. The highest BCUT2D eigenvalue weighted by atomic mass is 35.5. The zero-order chi connectivity index (χ0) is 19.1. The number of aromatic nitrogens is 1. The minimum Gasteiger partial charge on any atom is -0.462 e. The Morgan fingerprint density at radius 1 is 1.22 bits per heavy atom. The van der Waals surface area contributed by atoms with E-state index < -0.39 is 5.97 Å². The van der Waals surface area contributed by atoms with Gasteiger partial charge in [0.15, 0.2) is 0 Å². The number of hydrogen-bond donors (Lipinski definition) is 0. The Balaban J connectivity index is 2.11. The Labute approximate surface area is 162 Å². The lowest BCUT2D eigenvalue weighted by molar-refractivity contribution is 0.0524. The summed E-state index contributed by atoms with van der Waals surface area (Å²) in [6.07, 6.45) is 2.52. The summed E-state index contributed by atoms with van der Waals surface area (Å²) in [5.74, 6) is -0.455. The third kappa shape index (κ3) is 2.85. The standard InChI is InChI=1S/C22H20ClNO3/c1-3-15-16-8-6-5-7-13(16)11-24-12-19(22(26)27-4-2)21(25)18-10-14(23)9-17(15)20(18)24/h5-10,12,15H,3-4,11H2,1-2H3/t15-/m1/s1. The minimum absolute atomic E-state index is 0.0463. The molecule has 0 saturated heterocycles. The molecule has 1 aliphatic rings. The van der Waals surface area contributed by atoms with E-state index in [2.05, 4.69) is 19.1 Å². The molecule has 0 saturated carbocycles. The summed E-state index contributed by atoms with van der Waals surface area (Å²) in [6.45, 7) is 4.67. The first-order valence-corrected chi connectivity index (χ1v) is 9.54. The average Bonchev–Trinajstić information content (AvgIpc) is 2.78. The third-order valence-electron chi connectivity index (χ3n) is 5.22. The molecular formula is C22H20ClNO3. The lowest BCUT2D eigenvalue weighted by Gasteiger charge is -2.18. The van der Waals surface area contributed by atoms with Crippen molar-refractivity contribution < 1.29 is 9.53 Å². The van der Waals surface area contributed by atoms with Crippen LogP contribution in [0, 0.1) is 0 Å². The molecule has 4 nitrogen and oxygen atoms in total. The second-order valence-corrected chi connectivity index (χ2v) is 7.21. The Bertz CT molecular complexity index is 1120. The van der Waals surface area contributed by atoms with Gasteiger partial charge >= 0.3 is 5.97 Å². The molecule has 5 heteroatoms. The quantitative estimate of drug-likeness (QED) is 0.616. The van der Waals surface area contributed by atoms with Gasteiger partial charge in [-0.05, 0) is 42.2 Å². The summed E-state index contributed by atoms with van der Waals surface area (Å²) in [7, 11) is 0. The van der Waals surface area contributed by atoms with Crippen molar-refractivity contribution in [3.63, 3.8) is 0 Å². The first-order chi connectivity index (χ1) is 13.0. The Morgan fingerprint density at radius 3 is 2.74 bits per heavy atom. The van der Waals surface area contributed by atoms with Crippen molar-refractivity contribution >= 4 is 28.5 Å². The molecule has 138 valence electrons. The summed E-state index contributed by atoms with van der Waals surface area (Å²) in [6, 6.07) is 11.9. The van der Waals surface area contributed by atoms with Crippen LogP contribution < -0.4 is 5.43 Å². The summed E-state index contributed by atoms with van der Waals surface area (Å²) in [5, 5.41) is 0.967. The van der Waals surface area contributed by atoms with E-state index in [0.29, 0.717) is 17.0 Å². The molecule has 0 unspecified atom stereocenters. The molecule has 0 spiro atoms. The number of esters is 1. The number of rotatable bonds is 3. The molecule has 0 radical (unpaired) electrons. The molecule has 0 amide bonds. The van der Waals surface area contributed by atoms with E-state index in [-0.39, 0.29) is 23.5 Å². The molecule has 27 heavy (non-hydrogen) atoms. The van der Waals surface area contributed by atoms with E-state index in [1.54, 1.807) is 19.2 Å². The summed E-state index contributed by atoms with van der Waals surface area (Å²) < 4.78 is 7.08. The van der Waals surface area contributed by atoms with Crippen molar-refractivity contribution in [2.75, 3.05) is 6.61 Å². The zero-order valence-corrected chi connectivity index (χ0v) is 16.0. The molecule has 0 bridgehead atoms. The average molecular weight is 382 g/mol. The number of nitrogens with zero attached hydrogens (tertiary/aromatic N) is 1. The van der Waals surface area contributed by atoms with E-state index in [1.165, 1.54) is 11.1 Å². The summed E-state index contributed by atoms with van der Waals surface area (Å²) in [5.41, 5.74) is 4.00. The van der Waals surface area contributed by atoms with Gasteiger partial charge in [0.25, 0.3) is 0 Å². The maximum atomic E-state index is 13.0. The number of pyridine rings is 1. The highest BCUT2D eigenvalue weighted by Crippen LogP contribution is 2.39. The highest BCUT2D eigenvalue weighted by molar-refractivity contribution is 6.31. The molecule has 0 aliphatic carbocycles. The van der Waals surface area contributed by atoms with Crippen LogP contribution in [0.3, 0.4) is 0 Å². The van der Waals surface area contributed by atoms with E-state index in [1.807, 2.05) is 22.8 Å². The normalized spacial score (nSPS) is 15.3. The van der Waals surface area contributed by atoms with Crippen LogP contribution in [0.1, 0.15) is 53.2 Å². The van der Waals surface area contributed by atoms with Gasteiger partial charge in [-0.1, -0.05) is 42.8 Å². The monoisotopic (exact) mass is 381 g/mol. The van der Waals surface area contributed by atoms with Crippen LogP contribution in [0.15, 0.2) is 47.4 Å². The van der Waals surface area contributed by atoms with Gasteiger partial charge in [0.05, 0.1) is 12.1 Å². The Morgan fingerprint density at radius 2 is 2.00 bits per heavy atom. The Kier molecular flexibility index (Phi) is 4.52. The summed E-state index contributed by atoms with van der Waals surface area (Å²) in [4.78, 5) is 25.4. The second-order valence-electron chi connectivity index (χ2n) is 6.77. The van der Waals surface area contributed by atoms with Gasteiger partial charge in [-0.2, -0.15) is 0 Å². The highest BCUT2D eigenvalue weighted by Gasteiger charge is 2.26. The number of carbonyl (C=O) groups is 1. The van der Waals surface area contributed by atoms with E-state index in [4.69, 9.17) is 16.3 Å². The largest absolute Gasteiger partial charge is 0.462 e. The molecule has 0 fully saturated rings. The van der Waals surface area contributed by atoms with Crippen LogP contribution in [0.25, 0.3) is 10.9 Å². The second kappa shape index (κ2) is 6.86. The van der Waals surface area contributed by atoms with E-state index in [0.717, 1.165) is 17.5 Å². The topological polar surface area (TPSA) is 48.3 Å². The maximum Gasteiger partial charge on any atom is 0.343 e. The van der Waals surface area contributed by atoms with Gasteiger partial charge < -0.3 is 9.30 Å². The van der Waals surface area contributed by atoms with E-state index in [9.17, 15) is 9.59 Å². The van der Waals surface area contributed by atoms with Crippen LogP contribution in [-0.2, 0) is 11.3 Å². The van der Waals surface area contributed by atoms with Crippen LogP contribution in [-0.4, -0.2) is 17.1 Å². The number of halogens is 1. The Hall–Kier alpha value is -2.59. The van der Waals surface area contributed by atoms with Crippen LogP contribution >= 0.6 is 11.6 Å². The number of fused-ring (bicyclic) bond motifs is 1. The third-order valence-corrected chi connectivity index (χ3v) is 5.43. The lowest BCUT2D eigenvalue weighted by Crippen LogP contribution is -2.21. The SMILES string of the molecule is CCOC(=O)c1cn2c3c(cc(Cl)cc3c1=O)[C@H](CC)c1ccccc1C2. The molecule has 0 N–H and O–H groups in total. The molecule has 2 aromatic carbocycles. The van der Waals surface area contributed by atoms with Crippen molar-refractivity contribution in [1.29, 1.82) is 0 Å². The fourth-order valence-corrected chi connectivity index (χ4v) is 4.32. The van der Waals surface area contributed by atoms with Gasteiger partial charge in [-0.3, -0.25) is 4.79 Å². The van der Waals surface area contributed by atoms with Gasteiger partial charge in [0.1, 0.15) is 5.56 Å². The smallest absolute Gasteiger partial charge is 0.343 e. The van der Waals surface area contributed by atoms with Crippen molar-refractivity contribution in [3.05, 3.63) is 80.1 Å². The van der Waals surface area contributed by atoms with Gasteiger partial charge in [-0.15, -0.1) is 0 Å². The van der Waals surface area contributed by atoms with Crippen molar-refractivity contribution in [2.45, 2.75) is 32.7 Å². The number of ether oxygens (including phenoxy) is 1. The van der Waals surface area contributed by atoms with Crippen LogP contribution in [0.2, 0.25) is 5.02 Å².